The number of nitro groups is 1. The highest BCUT2D eigenvalue weighted by molar-refractivity contribution is 5.79. The molecule has 1 saturated carbocycles. The summed E-state index contributed by atoms with van der Waals surface area (Å²) in [7, 11) is 0. The van der Waals surface area contributed by atoms with Gasteiger partial charge in [-0.15, -0.1) is 0 Å². The zero-order chi connectivity index (χ0) is 17.3. The smallest absolute Gasteiger partial charge is 0.308 e. The second-order valence-corrected chi connectivity index (χ2v) is 6.67. The predicted molar refractivity (Wildman–Crippen MR) is 85.3 cm³/mol. The summed E-state index contributed by atoms with van der Waals surface area (Å²) >= 11 is 0. The molecule has 24 heavy (non-hydrogen) atoms. The number of aliphatic carboxylic acids is 1. The molecule has 1 aromatic carbocycles. The molecule has 1 amide bonds. The minimum absolute atomic E-state index is 0.0147. The predicted octanol–water partition coefficient (Wildman–Crippen LogP) is 2.10. The van der Waals surface area contributed by atoms with Gasteiger partial charge in [0, 0.05) is 31.6 Å². The molecule has 1 aromatic rings. The van der Waals surface area contributed by atoms with E-state index in [0.29, 0.717) is 18.9 Å². The van der Waals surface area contributed by atoms with Gasteiger partial charge in [-0.25, -0.2) is 0 Å². The third-order valence-corrected chi connectivity index (χ3v) is 5.01. The van der Waals surface area contributed by atoms with E-state index in [1.807, 2.05) is 0 Å². The van der Waals surface area contributed by atoms with Gasteiger partial charge < -0.3 is 10.0 Å². The van der Waals surface area contributed by atoms with E-state index < -0.39 is 16.8 Å². The van der Waals surface area contributed by atoms with Crippen molar-refractivity contribution in [3.05, 3.63) is 39.9 Å². The van der Waals surface area contributed by atoms with Crippen molar-refractivity contribution < 1.29 is 19.6 Å². The number of hydrogen-bond acceptors (Lipinski definition) is 4. The van der Waals surface area contributed by atoms with E-state index in [1.54, 1.807) is 17.0 Å². The Balaban J connectivity index is 1.58. The Bertz CT molecular complexity index is 671. The van der Waals surface area contributed by atoms with E-state index in [0.717, 1.165) is 18.4 Å². The molecule has 0 aromatic heterocycles. The van der Waals surface area contributed by atoms with E-state index in [-0.39, 0.29) is 30.5 Å². The summed E-state index contributed by atoms with van der Waals surface area (Å²) in [5.74, 6) is -0.832. The van der Waals surface area contributed by atoms with Gasteiger partial charge in [0.2, 0.25) is 5.91 Å². The molecule has 0 bridgehead atoms. The van der Waals surface area contributed by atoms with E-state index in [4.69, 9.17) is 0 Å². The Morgan fingerprint density at radius 2 is 2.04 bits per heavy atom. The average molecular weight is 332 g/mol. The van der Waals surface area contributed by atoms with Crippen molar-refractivity contribution in [3.63, 3.8) is 0 Å². The average Bonchev–Trinajstić information content (AvgIpc) is 3.30. The lowest BCUT2D eigenvalue weighted by atomic mass is 9.92. The molecule has 0 spiro atoms. The summed E-state index contributed by atoms with van der Waals surface area (Å²) in [6.07, 6.45) is 2.78. The molecule has 1 aliphatic carbocycles. The molecule has 3 rings (SSSR count). The second-order valence-electron chi connectivity index (χ2n) is 6.67. The summed E-state index contributed by atoms with van der Waals surface area (Å²) in [5, 5.41) is 20.1. The lowest BCUT2D eigenvalue weighted by Crippen LogP contribution is -2.30. The van der Waals surface area contributed by atoms with Crippen molar-refractivity contribution in [1.82, 2.24) is 4.90 Å². The van der Waals surface area contributed by atoms with Crippen LogP contribution in [0.1, 0.15) is 24.8 Å². The zero-order valence-corrected chi connectivity index (χ0v) is 13.3. The third kappa shape index (κ3) is 3.55. The standard InChI is InChI=1S/C17H20N2O5/c20-16(7-4-11-2-1-3-13(8-11)19(23)24)18-9-14(12-5-6-12)15(10-18)17(21)22/h1-3,8,12,14-15H,4-7,9-10H2,(H,21,22)/t14-,15+/m1/s1. The van der Waals surface area contributed by atoms with Gasteiger partial charge >= 0.3 is 5.97 Å². The molecule has 0 radical (unpaired) electrons. The van der Waals surface area contributed by atoms with E-state index >= 15 is 0 Å². The summed E-state index contributed by atoms with van der Waals surface area (Å²) in [5.41, 5.74) is 0.756. The van der Waals surface area contributed by atoms with Gasteiger partial charge in [-0.1, -0.05) is 12.1 Å². The Hall–Kier alpha value is -2.44. The molecular weight excluding hydrogens is 312 g/mol. The van der Waals surface area contributed by atoms with Gasteiger partial charge in [0.15, 0.2) is 0 Å². The molecule has 7 nitrogen and oxygen atoms in total. The van der Waals surface area contributed by atoms with Crippen LogP contribution >= 0.6 is 0 Å². The molecule has 0 unspecified atom stereocenters. The number of non-ortho nitro benzene ring substituents is 1. The van der Waals surface area contributed by atoms with E-state index in [9.17, 15) is 24.8 Å². The normalized spacial score (nSPS) is 23.2. The lowest BCUT2D eigenvalue weighted by molar-refractivity contribution is -0.384. The van der Waals surface area contributed by atoms with Crippen molar-refractivity contribution >= 4 is 17.6 Å². The van der Waals surface area contributed by atoms with E-state index in [2.05, 4.69) is 0 Å². The van der Waals surface area contributed by atoms with Gasteiger partial charge in [-0.05, 0) is 36.7 Å². The molecule has 1 heterocycles. The molecule has 1 saturated heterocycles. The Labute approximate surface area is 139 Å². The highest BCUT2D eigenvalue weighted by Gasteiger charge is 2.46. The monoisotopic (exact) mass is 332 g/mol. The first-order valence-electron chi connectivity index (χ1n) is 8.19. The number of nitrogens with zero attached hydrogens (tertiary/aromatic N) is 2. The molecule has 1 N–H and O–H groups in total. The van der Waals surface area contributed by atoms with Crippen molar-refractivity contribution in [2.45, 2.75) is 25.7 Å². The second kappa shape index (κ2) is 6.59. The van der Waals surface area contributed by atoms with Gasteiger partial charge in [-0.3, -0.25) is 19.7 Å². The van der Waals surface area contributed by atoms with Crippen LogP contribution in [0, 0.1) is 27.9 Å². The van der Waals surface area contributed by atoms with Gasteiger partial charge in [-0.2, -0.15) is 0 Å². The van der Waals surface area contributed by atoms with Crippen LogP contribution in [-0.2, 0) is 16.0 Å². The quantitative estimate of drug-likeness (QED) is 0.635. The number of carboxylic acids is 1. The summed E-state index contributed by atoms with van der Waals surface area (Å²) in [6.45, 7) is 0.805. The molecule has 2 aliphatic rings. The van der Waals surface area contributed by atoms with Crippen molar-refractivity contribution in [2.75, 3.05) is 13.1 Å². The van der Waals surface area contributed by atoms with E-state index in [1.165, 1.54) is 12.1 Å². The number of likely N-dealkylation sites (tertiary alicyclic amines) is 1. The Morgan fingerprint density at radius 1 is 1.29 bits per heavy atom. The largest absolute Gasteiger partial charge is 0.481 e. The maximum atomic E-state index is 12.4. The van der Waals surface area contributed by atoms with Gasteiger partial charge in [0.05, 0.1) is 10.8 Å². The number of nitro benzene ring substituents is 1. The van der Waals surface area contributed by atoms with Crippen LogP contribution in [0.25, 0.3) is 0 Å². The topological polar surface area (TPSA) is 101 Å². The first-order chi connectivity index (χ1) is 11.5. The summed E-state index contributed by atoms with van der Waals surface area (Å²) in [6, 6.07) is 6.27. The molecule has 2 fully saturated rings. The minimum Gasteiger partial charge on any atom is -0.481 e. The van der Waals surface area contributed by atoms with Crippen molar-refractivity contribution in [2.24, 2.45) is 17.8 Å². The lowest BCUT2D eigenvalue weighted by Gasteiger charge is -2.16. The Kier molecular flexibility index (Phi) is 4.51. The van der Waals surface area contributed by atoms with Gasteiger partial charge in [0.1, 0.15) is 0 Å². The Morgan fingerprint density at radius 3 is 2.67 bits per heavy atom. The number of carbonyl (C=O) groups excluding carboxylic acids is 1. The maximum Gasteiger partial charge on any atom is 0.308 e. The maximum absolute atomic E-state index is 12.4. The number of amides is 1. The number of hydrogen-bond donors (Lipinski definition) is 1. The fourth-order valence-electron chi connectivity index (χ4n) is 3.53. The minimum atomic E-state index is -0.819. The fourth-order valence-corrected chi connectivity index (χ4v) is 3.53. The van der Waals surface area contributed by atoms with Crippen LogP contribution in [-0.4, -0.2) is 39.9 Å². The highest BCUT2D eigenvalue weighted by Crippen LogP contribution is 2.44. The first kappa shape index (κ1) is 16.4. The molecular formula is C17H20N2O5. The van der Waals surface area contributed by atoms with Crippen LogP contribution in [0.4, 0.5) is 5.69 Å². The van der Waals surface area contributed by atoms with Crippen LogP contribution in [0.5, 0.6) is 0 Å². The van der Waals surface area contributed by atoms with Crippen LogP contribution in [0.2, 0.25) is 0 Å². The fraction of sp³-hybridized carbons (Fsp3) is 0.529. The SMILES string of the molecule is O=C(O)[C@H]1CN(C(=O)CCc2cccc([N+](=O)[O-])c2)C[C@@H]1C1CC1. The van der Waals surface area contributed by atoms with Crippen LogP contribution in [0.15, 0.2) is 24.3 Å². The zero-order valence-electron chi connectivity index (χ0n) is 13.3. The first-order valence-corrected chi connectivity index (χ1v) is 8.19. The summed E-state index contributed by atoms with van der Waals surface area (Å²) < 4.78 is 0. The molecule has 1 aliphatic heterocycles. The number of carboxylic acid groups (broad SMARTS) is 1. The number of aryl methyl sites for hydroxylation is 1. The number of rotatable bonds is 6. The number of benzene rings is 1. The molecule has 128 valence electrons. The van der Waals surface area contributed by atoms with Crippen molar-refractivity contribution in [1.29, 1.82) is 0 Å². The third-order valence-electron chi connectivity index (χ3n) is 5.01. The number of carbonyl (C=O) groups is 2. The summed E-state index contributed by atoms with van der Waals surface area (Å²) in [4.78, 5) is 35.8. The van der Waals surface area contributed by atoms with Gasteiger partial charge in [0.25, 0.3) is 5.69 Å². The highest BCUT2D eigenvalue weighted by atomic mass is 16.6. The van der Waals surface area contributed by atoms with Crippen LogP contribution in [0.3, 0.4) is 0 Å². The molecule has 7 heteroatoms. The van der Waals surface area contributed by atoms with Crippen molar-refractivity contribution in [3.8, 4) is 0 Å². The van der Waals surface area contributed by atoms with Crippen LogP contribution < -0.4 is 0 Å². The molecule has 2 atom stereocenters.